The summed E-state index contributed by atoms with van der Waals surface area (Å²) in [6.07, 6.45) is 6.31. The second kappa shape index (κ2) is 7.38. The number of nitrogens with zero attached hydrogens (tertiary/aromatic N) is 1. The highest BCUT2D eigenvalue weighted by Gasteiger charge is 2.42. The van der Waals surface area contributed by atoms with Crippen molar-refractivity contribution < 1.29 is 14.7 Å². The van der Waals surface area contributed by atoms with Gasteiger partial charge < -0.3 is 10.4 Å². The van der Waals surface area contributed by atoms with Crippen molar-refractivity contribution >= 4 is 23.8 Å². The Bertz CT molecular complexity index is 391. The molecule has 2 N–H and O–H groups in total. The molecule has 0 radical (unpaired) electrons. The first-order chi connectivity index (χ1) is 10.0. The maximum Gasteiger partial charge on any atom is 0.327 e. The van der Waals surface area contributed by atoms with E-state index < -0.39 is 12.0 Å². The highest BCUT2D eigenvalue weighted by Crippen LogP contribution is 2.33. The van der Waals surface area contributed by atoms with E-state index in [-0.39, 0.29) is 17.4 Å². The van der Waals surface area contributed by atoms with E-state index in [0.29, 0.717) is 11.7 Å². The Hall–Kier alpha value is -0.910. The Morgan fingerprint density at radius 1 is 1.33 bits per heavy atom. The lowest BCUT2D eigenvalue weighted by Gasteiger charge is -2.34. The zero-order valence-corrected chi connectivity index (χ0v) is 13.7. The molecule has 0 bridgehead atoms. The molecule has 0 spiro atoms. The summed E-state index contributed by atoms with van der Waals surface area (Å²) in [6.45, 7) is 4.23. The van der Waals surface area contributed by atoms with Crippen LogP contribution in [-0.4, -0.2) is 45.2 Å². The number of hydrogen-bond acceptors (Lipinski definition) is 3. The zero-order chi connectivity index (χ0) is 15.4. The predicted molar refractivity (Wildman–Crippen MR) is 84.4 cm³/mol. The molecule has 0 aromatic rings. The molecule has 0 aromatic heterocycles. The molecule has 4 unspecified atom stereocenters. The van der Waals surface area contributed by atoms with Gasteiger partial charge in [-0.25, -0.2) is 9.59 Å². The summed E-state index contributed by atoms with van der Waals surface area (Å²) < 4.78 is 0. The minimum Gasteiger partial charge on any atom is -0.480 e. The number of carbonyl (C=O) groups excluding carboxylic acids is 1. The van der Waals surface area contributed by atoms with Gasteiger partial charge in [0.25, 0.3) is 0 Å². The molecule has 2 amide bonds. The molecule has 21 heavy (non-hydrogen) atoms. The second-order valence-corrected chi connectivity index (χ2v) is 7.37. The fraction of sp³-hybridized carbons (Fsp3) is 0.867. The van der Waals surface area contributed by atoms with Crippen molar-refractivity contribution in [2.45, 2.75) is 69.8 Å². The van der Waals surface area contributed by atoms with Gasteiger partial charge in [0, 0.05) is 11.8 Å². The normalized spacial score (nSPS) is 33.0. The number of hydrogen-bond donors (Lipinski definition) is 2. The number of aliphatic carboxylic acids is 1. The van der Waals surface area contributed by atoms with Crippen LogP contribution < -0.4 is 5.32 Å². The molecule has 120 valence electrons. The van der Waals surface area contributed by atoms with Crippen molar-refractivity contribution in [2.24, 2.45) is 5.92 Å². The lowest BCUT2D eigenvalue weighted by molar-refractivity contribution is -0.141. The van der Waals surface area contributed by atoms with Crippen molar-refractivity contribution in [1.82, 2.24) is 10.2 Å². The summed E-state index contributed by atoms with van der Waals surface area (Å²) in [7, 11) is 0. The molecule has 1 saturated heterocycles. The average molecular weight is 314 g/mol. The first-order valence-electron chi connectivity index (χ1n) is 7.97. The van der Waals surface area contributed by atoms with Crippen LogP contribution in [0.15, 0.2) is 0 Å². The number of thioether (sulfide) groups is 1. The van der Waals surface area contributed by atoms with Crippen LogP contribution >= 0.6 is 11.8 Å². The Balaban J connectivity index is 2.03. The van der Waals surface area contributed by atoms with E-state index in [1.54, 1.807) is 16.7 Å². The van der Waals surface area contributed by atoms with Crippen LogP contribution in [0.3, 0.4) is 0 Å². The van der Waals surface area contributed by atoms with Crippen LogP contribution in [0, 0.1) is 5.92 Å². The first-order valence-corrected chi connectivity index (χ1v) is 9.02. The van der Waals surface area contributed by atoms with Gasteiger partial charge in [0.1, 0.15) is 6.04 Å². The first kappa shape index (κ1) is 16.5. The standard InChI is InChI=1S/C15H26N2O3S/c1-3-6-13-17(12(9-21-13)14(18)19)15(20)16-11-8-5-4-7-10(11)2/h10-13H,3-9H2,1-2H3,(H,16,20)(H,18,19). The molecule has 2 aliphatic rings. The zero-order valence-electron chi connectivity index (χ0n) is 12.9. The Morgan fingerprint density at radius 2 is 2.05 bits per heavy atom. The van der Waals surface area contributed by atoms with Gasteiger partial charge in [-0.3, -0.25) is 4.90 Å². The van der Waals surface area contributed by atoms with E-state index in [1.807, 2.05) is 0 Å². The van der Waals surface area contributed by atoms with Crippen LogP contribution in [0.2, 0.25) is 0 Å². The lowest BCUT2D eigenvalue weighted by atomic mass is 9.86. The number of carboxylic acids is 1. The van der Waals surface area contributed by atoms with Gasteiger partial charge in [0.2, 0.25) is 0 Å². The molecule has 0 aromatic carbocycles. The molecule has 4 atom stereocenters. The maximum absolute atomic E-state index is 12.6. The van der Waals surface area contributed by atoms with E-state index in [4.69, 9.17) is 0 Å². The highest BCUT2D eigenvalue weighted by molar-refractivity contribution is 8.00. The molecular formula is C15H26N2O3S. The van der Waals surface area contributed by atoms with Crippen LogP contribution in [0.25, 0.3) is 0 Å². The fourth-order valence-corrected chi connectivity index (χ4v) is 4.77. The van der Waals surface area contributed by atoms with Gasteiger partial charge in [-0.05, 0) is 25.2 Å². The highest BCUT2D eigenvalue weighted by atomic mass is 32.2. The summed E-state index contributed by atoms with van der Waals surface area (Å²) in [5.74, 6) is 0.0759. The number of amides is 2. The molecule has 1 aliphatic heterocycles. The topological polar surface area (TPSA) is 69.6 Å². The Kier molecular flexibility index (Phi) is 5.79. The number of urea groups is 1. The largest absolute Gasteiger partial charge is 0.480 e. The summed E-state index contributed by atoms with van der Waals surface area (Å²) in [4.78, 5) is 25.6. The van der Waals surface area contributed by atoms with Crippen molar-refractivity contribution in [3.05, 3.63) is 0 Å². The molecule has 1 saturated carbocycles. The van der Waals surface area contributed by atoms with Gasteiger partial charge in [0.15, 0.2) is 0 Å². The molecule has 1 heterocycles. The third-order valence-corrected chi connectivity index (χ3v) is 5.92. The van der Waals surface area contributed by atoms with Crippen LogP contribution in [0.1, 0.15) is 52.4 Å². The Morgan fingerprint density at radius 3 is 2.67 bits per heavy atom. The SMILES string of the molecule is CCCC1SCC(C(=O)O)N1C(=O)NC1CCCCC1C. The summed E-state index contributed by atoms with van der Waals surface area (Å²) >= 11 is 1.59. The van der Waals surface area contributed by atoms with Crippen LogP contribution in [0.4, 0.5) is 4.79 Å². The fourth-order valence-electron chi connectivity index (χ4n) is 3.26. The molecule has 5 nitrogen and oxygen atoms in total. The molecular weight excluding hydrogens is 288 g/mol. The van der Waals surface area contributed by atoms with Gasteiger partial charge in [-0.2, -0.15) is 0 Å². The number of carbonyl (C=O) groups is 2. The smallest absolute Gasteiger partial charge is 0.327 e. The van der Waals surface area contributed by atoms with E-state index in [9.17, 15) is 14.7 Å². The molecule has 2 fully saturated rings. The monoisotopic (exact) mass is 314 g/mol. The summed E-state index contributed by atoms with van der Waals surface area (Å²) in [5, 5.41) is 12.4. The van der Waals surface area contributed by atoms with Crippen molar-refractivity contribution in [2.75, 3.05) is 5.75 Å². The van der Waals surface area contributed by atoms with Crippen molar-refractivity contribution in [3.63, 3.8) is 0 Å². The number of nitrogens with one attached hydrogen (secondary N) is 1. The quantitative estimate of drug-likeness (QED) is 0.837. The van der Waals surface area contributed by atoms with Crippen LogP contribution in [0.5, 0.6) is 0 Å². The van der Waals surface area contributed by atoms with Gasteiger partial charge >= 0.3 is 12.0 Å². The number of carboxylic acid groups (broad SMARTS) is 1. The Labute approximate surface area is 130 Å². The number of rotatable bonds is 4. The second-order valence-electron chi connectivity index (χ2n) is 6.16. The van der Waals surface area contributed by atoms with E-state index in [1.165, 1.54) is 6.42 Å². The van der Waals surface area contributed by atoms with Crippen molar-refractivity contribution in [1.29, 1.82) is 0 Å². The third kappa shape index (κ3) is 3.84. The maximum atomic E-state index is 12.6. The lowest BCUT2D eigenvalue weighted by Crippen LogP contribution is -2.54. The van der Waals surface area contributed by atoms with Gasteiger partial charge in [0.05, 0.1) is 5.37 Å². The van der Waals surface area contributed by atoms with Gasteiger partial charge in [-0.1, -0.05) is 33.1 Å². The van der Waals surface area contributed by atoms with Crippen molar-refractivity contribution in [3.8, 4) is 0 Å². The van der Waals surface area contributed by atoms with E-state index in [2.05, 4.69) is 19.2 Å². The van der Waals surface area contributed by atoms with E-state index >= 15 is 0 Å². The summed E-state index contributed by atoms with van der Waals surface area (Å²) in [6, 6.07) is -0.691. The molecule has 1 aliphatic carbocycles. The average Bonchev–Trinajstić information content (AvgIpc) is 2.86. The third-order valence-electron chi connectivity index (χ3n) is 4.57. The minimum absolute atomic E-state index is 0.00463. The van der Waals surface area contributed by atoms with E-state index in [0.717, 1.165) is 32.1 Å². The molecule has 6 heteroatoms. The minimum atomic E-state index is -0.895. The van der Waals surface area contributed by atoms with Gasteiger partial charge in [-0.15, -0.1) is 11.8 Å². The summed E-state index contributed by atoms with van der Waals surface area (Å²) in [5.41, 5.74) is 0. The molecule has 2 rings (SSSR count). The van der Waals surface area contributed by atoms with Crippen LogP contribution in [-0.2, 0) is 4.79 Å². The predicted octanol–water partition coefficient (Wildman–Crippen LogP) is 2.90.